The van der Waals surface area contributed by atoms with Gasteiger partial charge in [-0.1, -0.05) is 18.2 Å². The summed E-state index contributed by atoms with van der Waals surface area (Å²) in [5, 5.41) is 2.92. The highest BCUT2D eigenvalue weighted by Crippen LogP contribution is 2.24. The van der Waals surface area contributed by atoms with E-state index < -0.39 is 0 Å². The molecule has 2 aromatic rings. The van der Waals surface area contributed by atoms with Gasteiger partial charge in [-0.15, -0.1) is 0 Å². The van der Waals surface area contributed by atoms with Crippen LogP contribution in [0.4, 0.5) is 11.4 Å². The molecule has 0 saturated carbocycles. The highest BCUT2D eigenvalue weighted by molar-refractivity contribution is 7.97. The van der Waals surface area contributed by atoms with Crippen molar-refractivity contribution in [3.63, 3.8) is 0 Å². The first kappa shape index (κ1) is 16.6. The Morgan fingerprint density at radius 2 is 2.04 bits per heavy atom. The van der Waals surface area contributed by atoms with E-state index in [-0.39, 0.29) is 11.8 Å². The van der Waals surface area contributed by atoms with Crippen molar-refractivity contribution in [2.45, 2.75) is 18.6 Å². The Labute approximate surface area is 146 Å². The molecule has 2 aromatic carbocycles. The van der Waals surface area contributed by atoms with Crippen LogP contribution >= 0.6 is 11.8 Å². The van der Waals surface area contributed by atoms with Crippen LogP contribution in [0.2, 0.25) is 0 Å². The topological polar surface area (TPSA) is 49.4 Å². The first-order valence-electron chi connectivity index (χ1n) is 7.97. The van der Waals surface area contributed by atoms with Crippen molar-refractivity contribution < 1.29 is 9.59 Å². The predicted molar refractivity (Wildman–Crippen MR) is 99.6 cm³/mol. The molecule has 24 heavy (non-hydrogen) atoms. The first-order valence-corrected chi connectivity index (χ1v) is 9.36. The second-order valence-corrected chi connectivity index (χ2v) is 6.65. The molecule has 0 bridgehead atoms. The Morgan fingerprint density at radius 1 is 1.21 bits per heavy atom. The number of amides is 2. The van der Waals surface area contributed by atoms with E-state index in [9.17, 15) is 9.59 Å². The molecule has 4 nitrogen and oxygen atoms in total. The fourth-order valence-electron chi connectivity index (χ4n) is 2.84. The monoisotopic (exact) mass is 340 g/mol. The summed E-state index contributed by atoms with van der Waals surface area (Å²) in [6.45, 7) is 0.743. The minimum absolute atomic E-state index is 0.136. The van der Waals surface area contributed by atoms with Gasteiger partial charge in [-0.3, -0.25) is 9.59 Å². The molecule has 3 rings (SSSR count). The van der Waals surface area contributed by atoms with Crippen molar-refractivity contribution in [1.29, 1.82) is 0 Å². The lowest BCUT2D eigenvalue weighted by molar-refractivity contribution is -0.117. The number of hydrogen-bond acceptors (Lipinski definition) is 3. The molecule has 2 amide bonds. The Bertz CT molecular complexity index is 761. The molecule has 1 heterocycles. The van der Waals surface area contributed by atoms with Gasteiger partial charge >= 0.3 is 0 Å². The minimum atomic E-state index is -0.136. The van der Waals surface area contributed by atoms with Crippen molar-refractivity contribution in [2.75, 3.05) is 23.0 Å². The molecule has 5 heteroatoms. The van der Waals surface area contributed by atoms with Crippen LogP contribution in [0.1, 0.15) is 28.8 Å². The highest BCUT2D eigenvalue weighted by atomic mass is 32.2. The van der Waals surface area contributed by atoms with Crippen LogP contribution in [0.15, 0.2) is 48.5 Å². The van der Waals surface area contributed by atoms with E-state index in [1.807, 2.05) is 54.8 Å². The van der Waals surface area contributed by atoms with Crippen molar-refractivity contribution in [1.82, 2.24) is 0 Å². The number of carbonyl (C=O) groups excluding carboxylic acids is 2. The molecule has 124 valence electrons. The van der Waals surface area contributed by atoms with Gasteiger partial charge in [-0.2, -0.15) is 11.8 Å². The Morgan fingerprint density at radius 3 is 2.79 bits per heavy atom. The van der Waals surface area contributed by atoms with Crippen LogP contribution in [-0.4, -0.2) is 24.6 Å². The zero-order chi connectivity index (χ0) is 16.9. The van der Waals surface area contributed by atoms with Crippen LogP contribution in [0.5, 0.6) is 0 Å². The summed E-state index contributed by atoms with van der Waals surface area (Å²) in [4.78, 5) is 26.1. The van der Waals surface area contributed by atoms with E-state index in [2.05, 4.69) is 5.32 Å². The molecular weight excluding hydrogens is 320 g/mol. The molecule has 1 aliphatic heterocycles. The zero-order valence-electron chi connectivity index (χ0n) is 13.6. The maximum absolute atomic E-state index is 12.5. The van der Waals surface area contributed by atoms with Crippen LogP contribution in [0, 0.1) is 0 Å². The average Bonchev–Trinajstić information content (AvgIpc) is 3.02. The number of nitrogens with zero attached hydrogens (tertiary/aromatic N) is 1. The lowest BCUT2D eigenvalue weighted by Crippen LogP contribution is -2.23. The van der Waals surface area contributed by atoms with E-state index in [1.54, 1.807) is 16.7 Å². The summed E-state index contributed by atoms with van der Waals surface area (Å²) in [5.74, 6) is 0.888. The molecular formula is C19H20N2O2S. The Hall–Kier alpha value is -2.27. The van der Waals surface area contributed by atoms with E-state index in [0.29, 0.717) is 17.7 Å². The average molecular weight is 340 g/mol. The molecule has 0 aliphatic carbocycles. The van der Waals surface area contributed by atoms with Crippen LogP contribution in [0.25, 0.3) is 0 Å². The van der Waals surface area contributed by atoms with Crippen molar-refractivity contribution in [3.05, 3.63) is 59.7 Å². The molecule has 0 radical (unpaired) electrons. The van der Waals surface area contributed by atoms with Gasteiger partial charge < -0.3 is 10.2 Å². The van der Waals surface area contributed by atoms with Gasteiger partial charge in [-0.25, -0.2) is 0 Å². The third kappa shape index (κ3) is 3.79. The second-order valence-electron chi connectivity index (χ2n) is 5.79. The van der Waals surface area contributed by atoms with Gasteiger partial charge in [0.15, 0.2) is 0 Å². The summed E-state index contributed by atoms with van der Waals surface area (Å²) in [6.07, 6.45) is 3.52. The maximum atomic E-state index is 12.5. The molecule has 0 spiro atoms. The molecule has 0 atom stereocenters. The van der Waals surface area contributed by atoms with Crippen LogP contribution < -0.4 is 10.2 Å². The highest BCUT2D eigenvalue weighted by Gasteiger charge is 2.21. The number of thioether (sulfide) groups is 1. The predicted octanol–water partition coefficient (Wildman–Crippen LogP) is 3.93. The maximum Gasteiger partial charge on any atom is 0.255 e. The van der Waals surface area contributed by atoms with Gasteiger partial charge in [0.1, 0.15) is 0 Å². The van der Waals surface area contributed by atoms with Crippen LogP contribution in [-0.2, 0) is 10.5 Å². The van der Waals surface area contributed by atoms with E-state index in [1.165, 1.54) is 0 Å². The normalized spacial score (nSPS) is 14.0. The Kier molecular flexibility index (Phi) is 5.20. The molecule has 1 saturated heterocycles. The summed E-state index contributed by atoms with van der Waals surface area (Å²) in [6, 6.07) is 15.1. The number of carbonyl (C=O) groups is 2. The van der Waals surface area contributed by atoms with E-state index in [4.69, 9.17) is 0 Å². The van der Waals surface area contributed by atoms with Gasteiger partial charge in [-0.05, 0) is 48.6 Å². The number of hydrogen-bond donors (Lipinski definition) is 1. The summed E-state index contributed by atoms with van der Waals surface area (Å²) in [7, 11) is 0. The molecule has 1 fully saturated rings. The van der Waals surface area contributed by atoms with E-state index >= 15 is 0 Å². The third-order valence-corrected chi connectivity index (χ3v) is 4.61. The quantitative estimate of drug-likeness (QED) is 0.897. The summed E-state index contributed by atoms with van der Waals surface area (Å²) in [5.41, 5.74) is 3.31. The van der Waals surface area contributed by atoms with Gasteiger partial charge in [0.2, 0.25) is 5.91 Å². The summed E-state index contributed by atoms with van der Waals surface area (Å²) >= 11 is 1.73. The summed E-state index contributed by atoms with van der Waals surface area (Å²) < 4.78 is 0. The molecule has 1 N–H and O–H groups in total. The first-order chi connectivity index (χ1) is 11.7. The van der Waals surface area contributed by atoms with Crippen LogP contribution in [0.3, 0.4) is 0 Å². The minimum Gasteiger partial charge on any atom is -0.322 e. The lowest BCUT2D eigenvalue weighted by atomic mass is 10.1. The zero-order valence-corrected chi connectivity index (χ0v) is 14.4. The molecule has 1 aliphatic rings. The Balaban J connectivity index is 1.75. The third-order valence-electron chi connectivity index (χ3n) is 3.99. The lowest BCUT2D eigenvalue weighted by Gasteiger charge is -2.16. The van der Waals surface area contributed by atoms with Crippen molar-refractivity contribution in [2.24, 2.45) is 0 Å². The fourth-order valence-corrected chi connectivity index (χ4v) is 3.36. The largest absolute Gasteiger partial charge is 0.322 e. The SMILES string of the molecule is CSCc1cccc(C(=O)Nc2cccc(N3CCCC3=O)c2)c1. The fraction of sp³-hybridized carbons (Fsp3) is 0.263. The number of nitrogens with one attached hydrogen (secondary N) is 1. The van der Waals surface area contributed by atoms with Crippen molar-refractivity contribution in [3.8, 4) is 0 Å². The van der Waals surface area contributed by atoms with E-state index in [0.717, 1.165) is 30.0 Å². The van der Waals surface area contributed by atoms with Gasteiger partial charge in [0.25, 0.3) is 5.91 Å². The standard InChI is InChI=1S/C19H20N2O2S/c1-24-13-14-5-2-6-15(11-14)19(23)20-16-7-3-8-17(12-16)21-10-4-9-18(21)22/h2-3,5-8,11-12H,4,9-10,13H2,1H3,(H,20,23). The number of anilines is 2. The van der Waals surface area contributed by atoms with Gasteiger partial charge in [0.05, 0.1) is 0 Å². The smallest absolute Gasteiger partial charge is 0.255 e. The number of rotatable bonds is 5. The second kappa shape index (κ2) is 7.53. The van der Waals surface area contributed by atoms with Crippen molar-refractivity contribution >= 4 is 35.0 Å². The number of benzene rings is 2. The molecule has 0 aromatic heterocycles. The molecule has 0 unspecified atom stereocenters. The van der Waals surface area contributed by atoms with Gasteiger partial charge in [0, 0.05) is 35.7 Å².